The second-order valence-corrected chi connectivity index (χ2v) is 5.21. The first-order valence-corrected chi connectivity index (χ1v) is 6.91. The third kappa shape index (κ3) is 3.88. The standard InChI is InChI=1S/C13H21N7O/c1-8-6-9(2)17-13(16-8)18-12(14)20-5-3-4-10(7-20)11(21)19-15/h6,10H,3-5,7,15H2,1-2H3,(H,19,21)(H2,14,16,17,18)/t10-/m1/s1. The van der Waals surface area contributed by atoms with Crippen LogP contribution in [0.25, 0.3) is 0 Å². The molecule has 1 atom stereocenters. The summed E-state index contributed by atoms with van der Waals surface area (Å²) in [5.74, 6) is 5.51. The Bertz CT molecular complexity index is 537. The maximum atomic E-state index is 11.6. The highest BCUT2D eigenvalue weighted by molar-refractivity contribution is 5.82. The summed E-state index contributed by atoms with van der Waals surface area (Å²) >= 11 is 0. The Labute approximate surface area is 123 Å². The molecule has 0 saturated carbocycles. The van der Waals surface area contributed by atoms with Crippen molar-refractivity contribution in [3.8, 4) is 0 Å². The number of carbonyl (C=O) groups is 1. The maximum Gasteiger partial charge on any atom is 0.253 e. The summed E-state index contributed by atoms with van der Waals surface area (Å²) in [6, 6.07) is 1.87. The summed E-state index contributed by atoms with van der Waals surface area (Å²) in [6.07, 6.45) is 1.66. The molecule has 1 aromatic rings. The first-order valence-electron chi connectivity index (χ1n) is 6.91. The Morgan fingerprint density at radius 1 is 1.43 bits per heavy atom. The molecule has 8 heteroatoms. The molecule has 2 rings (SSSR count). The van der Waals surface area contributed by atoms with Crippen LogP contribution in [-0.4, -0.2) is 39.8 Å². The fourth-order valence-corrected chi connectivity index (χ4v) is 2.45. The first kappa shape index (κ1) is 15.2. The van der Waals surface area contributed by atoms with Crippen LogP contribution in [0, 0.1) is 19.8 Å². The third-order valence-electron chi connectivity index (χ3n) is 3.44. The lowest BCUT2D eigenvalue weighted by Gasteiger charge is -2.32. The van der Waals surface area contributed by atoms with E-state index in [1.54, 1.807) is 0 Å². The molecule has 1 aliphatic heterocycles. The highest BCUT2D eigenvalue weighted by Crippen LogP contribution is 2.17. The predicted molar refractivity (Wildman–Crippen MR) is 79.4 cm³/mol. The van der Waals surface area contributed by atoms with E-state index in [2.05, 4.69) is 20.4 Å². The van der Waals surface area contributed by atoms with Crippen LogP contribution >= 0.6 is 0 Å². The van der Waals surface area contributed by atoms with Gasteiger partial charge in [-0.05, 0) is 32.8 Å². The van der Waals surface area contributed by atoms with Crippen LogP contribution < -0.4 is 17.0 Å². The molecular weight excluding hydrogens is 270 g/mol. The molecule has 1 fully saturated rings. The summed E-state index contributed by atoms with van der Waals surface area (Å²) in [5.41, 5.74) is 9.89. The average molecular weight is 291 g/mol. The fraction of sp³-hybridized carbons (Fsp3) is 0.538. The number of aryl methyl sites for hydroxylation is 2. The van der Waals surface area contributed by atoms with Crippen molar-refractivity contribution >= 4 is 17.8 Å². The van der Waals surface area contributed by atoms with Gasteiger partial charge in [-0.2, -0.15) is 4.99 Å². The van der Waals surface area contributed by atoms with Crippen molar-refractivity contribution in [2.24, 2.45) is 22.5 Å². The van der Waals surface area contributed by atoms with Gasteiger partial charge >= 0.3 is 0 Å². The van der Waals surface area contributed by atoms with E-state index in [1.165, 1.54) is 0 Å². The first-order chi connectivity index (χ1) is 9.99. The van der Waals surface area contributed by atoms with Gasteiger partial charge < -0.3 is 10.6 Å². The lowest BCUT2D eigenvalue weighted by atomic mass is 9.98. The zero-order valence-electron chi connectivity index (χ0n) is 12.3. The second kappa shape index (κ2) is 6.49. The molecule has 21 heavy (non-hydrogen) atoms. The normalized spacial score (nSPS) is 19.5. The number of nitrogens with two attached hydrogens (primary N) is 2. The quantitative estimate of drug-likeness (QED) is 0.227. The van der Waals surface area contributed by atoms with E-state index in [0.29, 0.717) is 18.5 Å². The molecule has 1 saturated heterocycles. The Hall–Kier alpha value is -2.22. The zero-order chi connectivity index (χ0) is 15.4. The molecule has 5 N–H and O–H groups in total. The van der Waals surface area contributed by atoms with Gasteiger partial charge in [-0.15, -0.1) is 0 Å². The summed E-state index contributed by atoms with van der Waals surface area (Å²) in [5, 5.41) is 0. The summed E-state index contributed by atoms with van der Waals surface area (Å²) in [4.78, 5) is 26.2. The summed E-state index contributed by atoms with van der Waals surface area (Å²) < 4.78 is 0. The van der Waals surface area contributed by atoms with E-state index in [1.807, 2.05) is 24.8 Å². The van der Waals surface area contributed by atoms with Gasteiger partial charge in [0.25, 0.3) is 5.95 Å². The molecule has 1 amide bonds. The van der Waals surface area contributed by atoms with E-state index in [-0.39, 0.29) is 11.8 Å². The van der Waals surface area contributed by atoms with Crippen LogP contribution in [0.2, 0.25) is 0 Å². The van der Waals surface area contributed by atoms with Crippen LogP contribution in [-0.2, 0) is 4.79 Å². The molecule has 0 aromatic carbocycles. The van der Waals surface area contributed by atoms with Crippen molar-refractivity contribution in [1.29, 1.82) is 0 Å². The number of guanidine groups is 1. The Kier molecular flexibility index (Phi) is 4.69. The minimum absolute atomic E-state index is 0.169. The van der Waals surface area contributed by atoms with Crippen molar-refractivity contribution in [3.05, 3.63) is 17.5 Å². The topological polar surface area (TPSA) is 123 Å². The van der Waals surface area contributed by atoms with Crippen molar-refractivity contribution in [2.45, 2.75) is 26.7 Å². The molecule has 0 bridgehead atoms. The lowest BCUT2D eigenvalue weighted by Crippen LogP contribution is -2.49. The van der Waals surface area contributed by atoms with E-state index >= 15 is 0 Å². The monoisotopic (exact) mass is 291 g/mol. The number of carbonyl (C=O) groups excluding carboxylic acids is 1. The maximum absolute atomic E-state index is 11.6. The SMILES string of the molecule is Cc1cc(C)nc(N=C(N)N2CCC[C@@H](C(=O)NN)C2)n1. The van der Waals surface area contributed by atoms with Crippen LogP contribution in [0.4, 0.5) is 5.95 Å². The van der Waals surface area contributed by atoms with Crippen LogP contribution in [0.1, 0.15) is 24.2 Å². The van der Waals surface area contributed by atoms with Crippen molar-refractivity contribution < 1.29 is 4.79 Å². The number of nitrogens with one attached hydrogen (secondary N) is 1. The molecule has 0 spiro atoms. The number of nitrogens with zero attached hydrogens (tertiary/aromatic N) is 4. The summed E-state index contributed by atoms with van der Waals surface area (Å²) in [6.45, 7) is 5.02. The third-order valence-corrected chi connectivity index (χ3v) is 3.44. The number of hydrogen-bond acceptors (Lipinski definition) is 5. The van der Waals surface area contributed by atoms with Gasteiger partial charge in [0.05, 0.1) is 5.92 Å². The van der Waals surface area contributed by atoms with E-state index in [0.717, 1.165) is 30.8 Å². The summed E-state index contributed by atoms with van der Waals surface area (Å²) in [7, 11) is 0. The van der Waals surface area contributed by atoms with Gasteiger partial charge in [0.15, 0.2) is 5.96 Å². The molecule has 0 radical (unpaired) electrons. The molecule has 1 aliphatic rings. The highest BCUT2D eigenvalue weighted by Gasteiger charge is 2.26. The molecular formula is C13H21N7O. The minimum atomic E-state index is -0.171. The van der Waals surface area contributed by atoms with E-state index in [9.17, 15) is 4.79 Å². The van der Waals surface area contributed by atoms with E-state index in [4.69, 9.17) is 11.6 Å². The van der Waals surface area contributed by atoms with Gasteiger partial charge in [0, 0.05) is 24.5 Å². The Balaban J connectivity index is 2.12. The largest absolute Gasteiger partial charge is 0.369 e. The zero-order valence-corrected chi connectivity index (χ0v) is 12.3. The smallest absolute Gasteiger partial charge is 0.253 e. The highest BCUT2D eigenvalue weighted by atomic mass is 16.2. The number of hydrazine groups is 1. The number of aromatic nitrogens is 2. The average Bonchev–Trinajstić information content (AvgIpc) is 2.45. The second-order valence-electron chi connectivity index (χ2n) is 5.21. The van der Waals surface area contributed by atoms with Crippen molar-refractivity contribution in [3.63, 3.8) is 0 Å². The Morgan fingerprint density at radius 3 is 2.71 bits per heavy atom. The number of likely N-dealkylation sites (tertiary alicyclic amines) is 1. The molecule has 2 heterocycles. The van der Waals surface area contributed by atoms with E-state index < -0.39 is 0 Å². The lowest BCUT2D eigenvalue weighted by molar-refractivity contribution is -0.126. The Morgan fingerprint density at radius 2 is 2.10 bits per heavy atom. The molecule has 1 aromatic heterocycles. The van der Waals surface area contributed by atoms with Crippen molar-refractivity contribution in [2.75, 3.05) is 13.1 Å². The van der Waals surface area contributed by atoms with Gasteiger partial charge in [0.1, 0.15) is 0 Å². The van der Waals surface area contributed by atoms with Gasteiger partial charge in [0.2, 0.25) is 5.91 Å². The molecule has 114 valence electrons. The van der Waals surface area contributed by atoms with Crippen LogP contribution in [0.5, 0.6) is 0 Å². The number of aliphatic imine (C=N–C) groups is 1. The van der Waals surface area contributed by atoms with Crippen molar-refractivity contribution in [1.82, 2.24) is 20.3 Å². The number of piperidine rings is 1. The van der Waals surface area contributed by atoms with Gasteiger partial charge in [-0.25, -0.2) is 15.8 Å². The van der Waals surface area contributed by atoms with Gasteiger partial charge in [-0.1, -0.05) is 0 Å². The number of hydrogen-bond donors (Lipinski definition) is 3. The minimum Gasteiger partial charge on any atom is -0.369 e. The predicted octanol–water partition coefficient (Wildman–Crippen LogP) is -0.258. The van der Waals surface area contributed by atoms with Crippen LogP contribution in [0.15, 0.2) is 11.1 Å². The van der Waals surface area contributed by atoms with Crippen LogP contribution in [0.3, 0.4) is 0 Å². The fourth-order valence-electron chi connectivity index (χ4n) is 2.45. The number of amides is 1. The molecule has 8 nitrogen and oxygen atoms in total. The van der Waals surface area contributed by atoms with Gasteiger partial charge in [-0.3, -0.25) is 10.2 Å². The molecule has 0 aliphatic carbocycles. The molecule has 0 unspecified atom stereocenters. The number of rotatable bonds is 2.